The van der Waals surface area contributed by atoms with E-state index in [9.17, 15) is 4.79 Å². The van der Waals surface area contributed by atoms with Gasteiger partial charge in [0.25, 0.3) is 0 Å². The van der Waals surface area contributed by atoms with Crippen LogP contribution in [0.25, 0.3) is 86.9 Å². The number of ketones is 1. The molecule has 0 spiro atoms. The summed E-state index contributed by atoms with van der Waals surface area (Å²) in [5, 5.41) is 15.3. The zero-order valence-corrected chi connectivity index (χ0v) is 29.6. The van der Waals surface area contributed by atoms with E-state index in [0.29, 0.717) is 0 Å². The number of hydrogen-bond donors (Lipinski definition) is 0. The number of carbonyl (C=O) groups excluding carboxylic acids is 1. The molecule has 10 aromatic rings. The molecule has 0 bridgehead atoms. The average molecular weight is 677 g/mol. The van der Waals surface area contributed by atoms with Crippen molar-refractivity contribution in [2.75, 3.05) is 0 Å². The van der Waals surface area contributed by atoms with Gasteiger partial charge in [0.05, 0.1) is 0 Å². The third-order valence-corrected chi connectivity index (χ3v) is 11.3. The zero-order valence-electron chi connectivity index (χ0n) is 29.6. The molecule has 0 aliphatic rings. The molecule has 53 heavy (non-hydrogen) atoms. The number of rotatable bonds is 6. The SMILES string of the molecule is CC(=O)c1cc(-c2ccc3c4ccccc4c4ccccc4c3c2)ccc1CCc1ccc(-c2ccc3c4ccccc4c4ccccc4c3c2)cc1. The largest absolute Gasteiger partial charge is 0.295 e. The van der Waals surface area contributed by atoms with Crippen molar-refractivity contribution >= 4 is 70.4 Å². The summed E-state index contributed by atoms with van der Waals surface area (Å²) in [6.07, 6.45) is 1.67. The summed E-state index contributed by atoms with van der Waals surface area (Å²) < 4.78 is 0. The molecular formula is C52H36O. The van der Waals surface area contributed by atoms with Crippen LogP contribution in [0.5, 0.6) is 0 Å². The van der Waals surface area contributed by atoms with Gasteiger partial charge in [-0.3, -0.25) is 4.79 Å². The van der Waals surface area contributed by atoms with Gasteiger partial charge in [0.1, 0.15) is 0 Å². The summed E-state index contributed by atoms with van der Waals surface area (Å²) in [6.45, 7) is 1.69. The first-order chi connectivity index (χ1) is 26.1. The third-order valence-electron chi connectivity index (χ3n) is 11.3. The lowest BCUT2D eigenvalue weighted by molar-refractivity contribution is 0.101. The molecule has 0 aromatic heterocycles. The van der Waals surface area contributed by atoms with Gasteiger partial charge in [-0.25, -0.2) is 0 Å². The Balaban J connectivity index is 0.938. The van der Waals surface area contributed by atoms with Crippen LogP contribution < -0.4 is 0 Å². The van der Waals surface area contributed by atoms with Crippen LogP contribution in [-0.4, -0.2) is 5.78 Å². The summed E-state index contributed by atoms with van der Waals surface area (Å²) >= 11 is 0. The summed E-state index contributed by atoms with van der Waals surface area (Å²) in [4.78, 5) is 13.0. The first kappa shape index (κ1) is 31.2. The molecule has 10 rings (SSSR count). The Bertz CT molecular complexity index is 3010. The highest BCUT2D eigenvalue weighted by Crippen LogP contribution is 2.39. The molecule has 250 valence electrons. The standard InChI is InChI=1S/C52H36O/c1-33(53)50-30-38(39-27-29-49-45-15-5-3-11-41(45)43-13-7-9-17-47(43)52(49)32-39)25-24-36(50)23-20-34-18-21-35(22-19-34)37-26-28-48-44-14-4-2-10-40(44)42-12-6-8-16-46(42)51(48)31-37/h2-19,21-22,24-32H,20,23H2,1H3. The highest BCUT2D eigenvalue weighted by molar-refractivity contribution is 6.27. The number of carbonyl (C=O) groups is 1. The van der Waals surface area contributed by atoms with Crippen LogP contribution in [0.1, 0.15) is 28.4 Å². The van der Waals surface area contributed by atoms with Gasteiger partial charge in [0, 0.05) is 5.56 Å². The van der Waals surface area contributed by atoms with Crippen molar-refractivity contribution in [1.29, 1.82) is 0 Å². The number of hydrogen-bond acceptors (Lipinski definition) is 1. The molecule has 0 N–H and O–H groups in total. The molecule has 0 aliphatic heterocycles. The van der Waals surface area contributed by atoms with Gasteiger partial charge < -0.3 is 0 Å². The molecule has 1 heteroatoms. The van der Waals surface area contributed by atoms with Gasteiger partial charge >= 0.3 is 0 Å². The van der Waals surface area contributed by atoms with E-state index in [1.807, 2.05) is 0 Å². The second-order valence-electron chi connectivity index (χ2n) is 14.3. The molecule has 0 fully saturated rings. The first-order valence-electron chi connectivity index (χ1n) is 18.5. The molecule has 0 aliphatic carbocycles. The molecule has 0 heterocycles. The maximum absolute atomic E-state index is 13.0. The predicted octanol–water partition coefficient (Wildman–Crippen LogP) is 13.9. The van der Waals surface area contributed by atoms with Gasteiger partial charge in [-0.2, -0.15) is 0 Å². The molecule has 10 aromatic carbocycles. The Morgan fingerprint density at radius 1 is 0.340 bits per heavy atom. The molecular weight excluding hydrogens is 641 g/mol. The Kier molecular flexibility index (Phi) is 7.40. The number of benzene rings is 10. The fourth-order valence-corrected chi connectivity index (χ4v) is 8.62. The monoisotopic (exact) mass is 676 g/mol. The maximum Gasteiger partial charge on any atom is 0.160 e. The smallest absolute Gasteiger partial charge is 0.160 e. The minimum Gasteiger partial charge on any atom is -0.295 e. The van der Waals surface area contributed by atoms with Crippen LogP contribution in [0.3, 0.4) is 0 Å². The number of Topliss-reactive ketones (excluding diaryl/α,β-unsaturated/α-hetero) is 1. The van der Waals surface area contributed by atoms with E-state index in [-0.39, 0.29) is 5.78 Å². The molecule has 0 unspecified atom stereocenters. The molecule has 0 saturated carbocycles. The van der Waals surface area contributed by atoms with Crippen LogP contribution in [-0.2, 0) is 12.8 Å². The van der Waals surface area contributed by atoms with Gasteiger partial charge in [-0.05, 0) is 136 Å². The Morgan fingerprint density at radius 3 is 1.11 bits per heavy atom. The number of fused-ring (bicyclic) bond motifs is 12. The van der Waals surface area contributed by atoms with Gasteiger partial charge in [0.2, 0.25) is 0 Å². The van der Waals surface area contributed by atoms with Gasteiger partial charge in [-0.15, -0.1) is 0 Å². The van der Waals surface area contributed by atoms with E-state index in [1.54, 1.807) is 6.92 Å². The highest BCUT2D eigenvalue weighted by atomic mass is 16.1. The quantitative estimate of drug-likeness (QED) is 0.127. The van der Waals surface area contributed by atoms with Gasteiger partial charge in [0.15, 0.2) is 5.78 Å². The maximum atomic E-state index is 13.0. The molecule has 0 saturated heterocycles. The second kappa shape index (κ2) is 12.6. The van der Waals surface area contributed by atoms with Crippen LogP contribution in [0.2, 0.25) is 0 Å². The Labute approximate surface area is 308 Å². The van der Waals surface area contributed by atoms with Crippen LogP contribution >= 0.6 is 0 Å². The lowest BCUT2D eigenvalue weighted by atomic mass is 9.90. The lowest BCUT2D eigenvalue weighted by Crippen LogP contribution is -2.02. The first-order valence-corrected chi connectivity index (χ1v) is 18.5. The fraction of sp³-hybridized carbons (Fsp3) is 0.0577. The van der Waals surface area contributed by atoms with E-state index < -0.39 is 0 Å². The van der Waals surface area contributed by atoms with Gasteiger partial charge in [-0.1, -0.05) is 158 Å². The van der Waals surface area contributed by atoms with Crippen molar-refractivity contribution in [3.8, 4) is 22.3 Å². The highest BCUT2D eigenvalue weighted by Gasteiger charge is 2.14. The summed E-state index contributed by atoms with van der Waals surface area (Å²) in [6, 6.07) is 63.8. The molecule has 0 radical (unpaired) electrons. The molecule has 0 atom stereocenters. The third kappa shape index (κ3) is 5.28. The normalized spacial score (nSPS) is 11.7. The van der Waals surface area contributed by atoms with Crippen LogP contribution in [0.15, 0.2) is 176 Å². The summed E-state index contributed by atoms with van der Waals surface area (Å²) in [7, 11) is 0. The molecule has 0 amide bonds. The zero-order chi connectivity index (χ0) is 35.5. The lowest BCUT2D eigenvalue weighted by Gasteiger charge is -2.14. The average Bonchev–Trinajstić information content (AvgIpc) is 3.23. The van der Waals surface area contributed by atoms with E-state index >= 15 is 0 Å². The Hall–Kier alpha value is -6.57. The Morgan fingerprint density at radius 2 is 0.679 bits per heavy atom. The van der Waals surface area contributed by atoms with Crippen molar-refractivity contribution < 1.29 is 4.79 Å². The summed E-state index contributed by atoms with van der Waals surface area (Å²) in [5.41, 5.74) is 7.77. The van der Waals surface area contributed by atoms with Crippen molar-refractivity contribution in [3.05, 3.63) is 193 Å². The van der Waals surface area contributed by atoms with Crippen molar-refractivity contribution in [2.45, 2.75) is 19.8 Å². The van der Waals surface area contributed by atoms with Crippen molar-refractivity contribution in [3.63, 3.8) is 0 Å². The van der Waals surface area contributed by atoms with E-state index in [4.69, 9.17) is 0 Å². The second-order valence-corrected chi connectivity index (χ2v) is 14.3. The van der Waals surface area contributed by atoms with E-state index in [1.165, 1.54) is 81.3 Å². The topological polar surface area (TPSA) is 17.1 Å². The minimum atomic E-state index is 0.103. The minimum absolute atomic E-state index is 0.103. The fourth-order valence-electron chi connectivity index (χ4n) is 8.62. The van der Waals surface area contributed by atoms with Crippen molar-refractivity contribution in [1.82, 2.24) is 0 Å². The van der Waals surface area contributed by atoms with Crippen LogP contribution in [0.4, 0.5) is 0 Å². The summed E-state index contributed by atoms with van der Waals surface area (Å²) in [5.74, 6) is 0.103. The molecule has 1 nitrogen and oxygen atoms in total. The predicted molar refractivity (Wildman–Crippen MR) is 226 cm³/mol. The van der Waals surface area contributed by atoms with Crippen molar-refractivity contribution in [2.24, 2.45) is 0 Å². The van der Waals surface area contributed by atoms with Crippen LogP contribution in [0, 0.1) is 0 Å². The number of aryl methyl sites for hydroxylation is 2. The van der Waals surface area contributed by atoms with E-state index in [0.717, 1.165) is 35.1 Å². The van der Waals surface area contributed by atoms with E-state index in [2.05, 4.69) is 176 Å².